The predicted molar refractivity (Wildman–Crippen MR) is 92.2 cm³/mol. The molecular weight excluding hydrogens is 350 g/mol. The van der Waals surface area contributed by atoms with Crippen molar-refractivity contribution in [1.82, 2.24) is 4.90 Å². The molecule has 1 saturated heterocycles. The van der Waals surface area contributed by atoms with E-state index in [1.54, 1.807) is 42.5 Å². The van der Waals surface area contributed by atoms with E-state index in [9.17, 15) is 13.2 Å². The summed E-state index contributed by atoms with van der Waals surface area (Å²) in [6.45, 7) is 0.430. The van der Waals surface area contributed by atoms with Crippen LogP contribution in [-0.4, -0.2) is 37.6 Å². The third kappa shape index (κ3) is 3.88. The number of amides is 1. The molecule has 0 atom stereocenters. The van der Waals surface area contributed by atoms with E-state index in [1.165, 1.54) is 17.2 Å². The fourth-order valence-corrected chi connectivity index (χ4v) is 4.14. The van der Waals surface area contributed by atoms with Crippen molar-refractivity contribution in [2.24, 2.45) is 0 Å². The third-order valence-electron chi connectivity index (χ3n) is 3.88. The molecule has 126 valence electrons. The molecule has 7 heteroatoms. The summed E-state index contributed by atoms with van der Waals surface area (Å²) >= 11 is 5.80. The lowest BCUT2D eigenvalue weighted by Crippen LogP contribution is -2.56. The van der Waals surface area contributed by atoms with Crippen molar-refractivity contribution in [3.8, 4) is 0 Å². The van der Waals surface area contributed by atoms with Crippen LogP contribution >= 0.6 is 11.6 Å². The number of sulfone groups is 1. The van der Waals surface area contributed by atoms with Gasteiger partial charge in [0.1, 0.15) is 11.5 Å². The Balaban J connectivity index is 1.54. The number of nitrogens with zero attached hydrogens (tertiary/aromatic N) is 1. The van der Waals surface area contributed by atoms with Crippen molar-refractivity contribution in [3.05, 3.63) is 65.1 Å². The summed E-state index contributed by atoms with van der Waals surface area (Å²) in [6.07, 6.45) is 4.57. The van der Waals surface area contributed by atoms with Gasteiger partial charge in [-0.1, -0.05) is 23.7 Å². The first kappa shape index (κ1) is 16.8. The second kappa shape index (κ2) is 6.83. The molecule has 5 nitrogen and oxygen atoms in total. The first-order valence-electron chi connectivity index (χ1n) is 7.40. The quantitative estimate of drug-likeness (QED) is 0.764. The number of carbonyl (C=O) groups is 1. The largest absolute Gasteiger partial charge is 0.468 e. The molecule has 1 fully saturated rings. The highest BCUT2D eigenvalue weighted by molar-refractivity contribution is 7.91. The van der Waals surface area contributed by atoms with Gasteiger partial charge < -0.3 is 9.32 Å². The van der Waals surface area contributed by atoms with Gasteiger partial charge in [0.2, 0.25) is 5.91 Å². The van der Waals surface area contributed by atoms with Gasteiger partial charge in [0.15, 0.2) is 9.84 Å². The van der Waals surface area contributed by atoms with Crippen LogP contribution in [0.15, 0.2) is 53.2 Å². The number of hydrogen-bond acceptors (Lipinski definition) is 4. The maximum Gasteiger partial charge on any atom is 0.246 e. The van der Waals surface area contributed by atoms with E-state index in [0.29, 0.717) is 10.8 Å². The van der Waals surface area contributed by atoms with Crippen LogP contribution in [0.25, 0.3) is 6.08 Å². The Labute approximate surface area is 145 Å². The van der Waals surface area contributed by atoms with E-state index in [-0.39, 0.29) is 24.7 Å². The van der Waals surface area contributed by atoms with Crippen LogP contribution in [0, 0.1) is 0 Å². The first-order chi connectivity index (χ1) is 11.4. The minimum atomic E-state index is -3.31. The normalized spacial score (nSPS) is 15.6. The summed E-state index contributed by atoms with van der Waals surface area (Å²) in [7, 11) is -3.31. The van der Waals surface area contributed by atoms with Crippen LogP contribution in [0.5, 0.6) is 0 Å². The zero-order chi connectivity index (χ0) is 17.2. The molecule has 0 bridgehead atoms. The molecule has 0 unspecified atom stereocenters. The molecule has 1 amide bonds. The highest BCUT2D eigenvalue weighted by Gasteiger charge is 2.39. The minimum absolute atomic E-state index is 0.132. The van der Waals surface area contributed by atoms with E-state index < -0.39 is 15.1 Å². The summed E-state index contributed by atoms with van der Waals surface area (Å²) in [5.41, 5.74) is 0.857. The Kier molecular flexibility index (Phi) is 4.78. The minimum Gasteiger partial charge on any atom is -0.468 e. The van der Waals surface area contributed by atoms with Gasteiger partial charge in [-0.2, -0.15) is 0 Å². The van der Waals surface area contributed by atoms with Crippen molar-refractivity contribution >= 4 is 33.4 Å². The second-order valence-corrected chi connectivity index (χ2v) is 8.35. The van der Waals surface area contributed by atoms with Gasteiger partial charge in [-0.25, -0.2) is 8.42 Å². The number of benzene rings is 1. The molecule has 0 spiro atoms. The Morgan fingerprint density at radius 3 is 2.58 bits per heavy atom. The molecule has 24 heavy (non-hydrogen) atoms. The van der Waals surface area contributed by atoms with Crippen molar-refractivity contribution in [3.63, 3.8) is 0 Å². The number of likely N-dealkylation sites (tertiary alicyclic amines) is 1. The summed E-state index contributed by atoms with van der Waals surface area (Å²) in [5, 5.41) is 0.0984. The number of hydrogen-bond donors (Lipinski definition) is 0. The average molecular weight is 366 g/mol. The van der Waals surface area contributed by atoms with Crippen LogP contribution in [0.1, 0.15) is 11.3 Å². The topological polar surface area (TPSA) is 67.6 Å². The lowest BCUT2D eigenvalue weighted by atomic mass is 10.2. The molecule has 0 aliphatic carbocycles. The van der Waals surface area contributed by atoms with Crippen LogP contribution in [0.2, 0.25) is 5.02 Å². The highest BCUT2D eigenvalue weighted by Crippen LogP contribution is 2.21. The van der Waals surface area contributed by atoms with Gasteiger partial charge in [0, 0.05) is 24.2 Å². The van der Waals surface area contributed by atoms with E-state index >= 15 is 0 Å². The third-order valence-corrected chi connectivity index (χ3v) is 6.13. The van der Waals surface area contributed by atoms with Crippen molar-refractivity contribution in [2.45, 2.75) is 11.0 Å². The van der Waals surface area contributed by atoms with Crippen LogP contribution < -0.4 is 0 Å². The van der Waals surface area contributed by atoms with Gasteiger partial charge in [-0.15, -0.1) is 0 Å². The standard InChI is InChI=1S/C17H16ClNO4S/c18-14-6-3-13(4-7-14)5-8-17(20)19-10-16(11-19)24(21,22)12-15-2-1-9-23-15/h1-9,16H,10-12H2/b8-5+. The van der Waals surface area contributed by atoms with Crippen LogP contribution in [0.4, 0.5) is 0 Å². The molecule has 1 aliphatic rings. The summed E-state index contributed by atoms with van der Waals surface area (Å²) in [4.78, 5) is 13.6. The molecule has 3 rings (SSSR count). The molecule has 1 aliphatic heterocycles. The molecule has 1 aromatic carbocycles. The molecule has 0 N–H and O–H groups in total. The van der Waals surface area contributed by atoms with E-state index in [4.69, 9.17) is 16.0 Å². The van der Waals surface area contributed by atoms with E-state index in [1.807, 2.05) is 0 Å². The van der Waals surface area contributed by atoms with Gasteiger partial charge in [0.25, 0.3) is 0 Å². The summed E-state index contributed by atoms with van der Waals surface area (Å²) in [6, 6.07) is 10.4. The Morgan fingerprint density at radius 2 is 1.96 bits per heavy atom. The molecular formula is C17H16ClNO4S. The van der Waals surface area contributed by atoms with Gasteiger partial charge in [-0.05, 0) is 35.9 Å². The van der Waals surface area contributed by atoms with E-state index in [0.717, 1.165) is 5.56 Å². The SMILES string of the molecule is O=C(/C=C/c1ccc(Cl)cc1)N1CC(S(=O)(=O)Cc2ccco2)C1. The Hall–Kier alpha value is -2.05. The Morgan fingerprint density at radius 1 is 1.25 bits per heavy atom. The average Bonchev–Trinajstić information content (AvgIpc) is 2.97. The molecule has 2 heterocycles. The molecule has 0 saturated carbocycles. The van der Waals surface area contributed by atoms with Crippen LogP contribution in [-0.2, 0) is 20.4 Å². The zero-order valence-corrected chi connectivity index (χ0v) is 14.3. The van der Waals surface area contributed by atoms with E-state index in [2.05, 4.69) is 0 Å². The fourth-order valence-electron chi connectivity index (χ4n) is 2.40. The maximum absolute atomic E-state index is 12.2. The first-order valence-corrected chi connectivity index (χ1v) is 9.50. The second-order valence-electron chi connectivity index (χ2n) is 5.64. The Bertz CT molecular complexity index is 835. The molecule has 1 aromatic heterocycles. The van der Waals surface area contributed by atoms with Crippen molar-refractivity contribution in [2.75, 3.05) is 13.1 Å². The summed E-state index contributed by atoms with van der Waals surface area (Å²) < 4.78 is 29.5. The monoisotopic (exact) mass is 365 g/mol. The van der Waals surface area contributed by atoms with Gasteiger partial charge in [-0.3, -0.25) is 4.79 Å². The van der Waals surface area contributed by atoms with Gasteiger partial charge in [0.05, 0.1) is 11.5 Å². The predicted octanol–water partition coefficient (Wildman–Crippen LogP) is 2.77. The number of carbonyl (C=O) groups excluding carboxylic acids is 1. The lowest BCUT2D eigenvalue weighted by Gasteiger charge is -2.37. The van der Waals surface area contributed by atoms with Crippen molar-refractivity contribution in [1.29, 1.82) is 0 Å². The molecule has 0 radical (unpaired) electrons. The van der Waals surface area contributed by atoms with Crippen molar-refractivity contribution < 1.29 is 17.6 Å². The summed E-state index contributed by atoms with van der Waals surface area (Å²) in [5.74, 6) is 0.0876. The van der Waals surface area contributed by atoms with Gasteiger partial charge >= 0.3 is 0 Å². The number of rotatable bonds is 5. The fraction of sp³-hybridized carbons (Fsp3) is 0.235. The van der Waals surface area contributed by atoms with Crippen LogP contribution in [0.3, 0.4) is 0 Å². The highest BCUT2D eigenvalue weighted by atomic mass is 35.5. The molecule has 2 aromatic rings. The maximum atomic E-state index is 12.2. The zero-order valence-electron chi connectivity index (χ0n) is 12.8. The smallest absolute Gasteiger partial charge is 0.246 e. The number of furan rings is 1. The lowest BCUT2D eigenvalue weighted by molar-refractivity contribution is -0.128. The number of halogens is 1.